The maximum atomic E-state index is 11.7. The minimum absolute atomic E-state index is 0.0654. The predicted octanol–water partition coefficient (Wildman–Crippen LogP) is 0.991. The van der Waals surface area contributed by atoms with Gasteiger partial charge in [-0.3, -0.25) is 4.79 Å². The van der Waals surface area contributed by atoms with Crippen molar-refractivity contribution in [1.82, 2.24) is 15.3 Å². The third-order valence-corrected chi connectivity index (χ3v) is 2.51. The van der Waals surface area contributed by atoms with Gasteiger partial charge in [0.2, 0.25) is 5.91 Å². The molecule has 1 aromatic rings. The highest BCUT2D eigenvalue weighted by molar-refractivity contribution is 5.83. The van der Waals surface area contributed by atoms with E-state index in [2.05, 4.69) is 25.9 Å². The van der Waals surface area contributed by atoms with Crippen molar-refractivity contribution in [3.05, 3.63) is 11.9 Å². The number of nitrogens with zero attached hydrogens (tertiary/aromatic N) is 2. The third kappa shape index (κ3) is 5.00. The average Bonchev–Trinajstić information content (AvgIpc) is 2.39. The van der Waals surface area contributed by atoms with E-state index in [1.165, 1.54) is 0 Å². The van der Waals surface area contributed by atoms with E-state index in [9.17, 15) is 4.79 Å². The summed E-state index contributed by atoms with van der Waals surface area (Å²) in [5.41, 5.74) is 0. The van der Waals surface area contributed by atoms with Gasteiger partial charge in [-0.15, -0.1) is 0 Å². The van der Waals surface area contributed by atoms with E-state index < -0.39 is 0 Å². The van der Waals surface area contributed by atoms with Gasteiger partial charge in [-0.05, 0) is 20.8 Å². The predicted molar refractivity (Wildman–Crippen MR) is 78.7 cm³/mol. The number of carbonyl (C=O) groups is 1. The zero-order chi connectivity index (χ0) is 15.0. The monoisotopic (exact) mass is 281 g/mol. The number of methoxy groups -OCH3 is 1. The number of aromatic nitrogens is 2. The highest BCUT2D eigenvalue weighted by atomic mass is 16.5. The molecule has 0 fully saturated rings. The van der Waals surface area contributed by atoms with Crippen LogP contribution in [0.5, 0.6) is 0 Å². The second kappa shape index (κ2) is 8.31. The topological polar surface area (TPSA) is 88.2 Å². The molecule has 0 saturated carbocycles. The Balaban J connectivity index is 2.84. The smallest absolute Gasteiger partial charge is 0.242 e. The lowest BCUT2D eigenvalue weighted by Gasteiger charge is -2.15. The fourth-order valence-electron chi connectivity index (χ4n) is 1.65. The minimum atomic E-state index is -0.366. The SMILES string of the molecule is CCNC(=O)C(C)Nc1cc(NCC)nc(COC)n1. The second-order valence-corrected chi connectivity index (χ2v) is 4.28. The second-order valence-electron chi connectivity index (χ2n) is 4.28. The van der Waals surface area contributed by atoms with Crippen molar-refractivity contribution in [3.63, 3.8) is 0 Å². The lowest BCUT2D eigenvalue weighted by Crippen LogP contribution is -2.37. The fourth-order valence-corrected chi connectivity index (χ4v) is 1.65. The van der Waals surface area contributed by atoms with Crippen LogP contribution in [0.15, 0.2) is 6.07 Å². The minimum Gasteiger partial charge on any atom is -0.377 e. The maximum absolute atomic E-state index is 11.7. The quantitative estimate of drug-likeness (QED) is 0.658. The molecule has 0 aromatic carbocycles. The Bertz CT molecular complexity index is 415. The van der Waals surface area contributed by atoms with Gasteiger partial charge in [0.25, 0.3) is 0 Å². The van der Waals surface area contributed by atoms with Crippen molar-refractivity contribution in [2.75, 3.05) is 30.8 Å². The van der Waals surface area contributed by atoms with Crippen molar-refractivity contribution in [2.45, 2.75) is 33.4 Å². The molecule has 1 unspecified atom stereocenters. The standard InChI is InChI=1S/C13H23N5O2/c1-5-14-10-7-11(18-12(17-10)8-20-4)16-9(3)13(19)15-6-2/h7,9H,5-6,8H2,1-4H3,(H,15,19)(H2,14,16,17,18). The van der Waals surface area contributed by atoms with Crippen LogP contribution in [0.25, 0.3) is 0 Å². The van der Waals surface area contributed by atoms with E-state index in [1.54, 1.807) is 20.1 Å². The highest BCUT2D eigenvalue weighted by Crippen LogP contribution is 2.13. The summed E-state index contributed by atoms with van der Waals surface area (Å²) < 4.78 is 5.05. The van der Waals surface area contributed by atoms with Crippen LogP contribution in [0.1, 0.15) is 26.6 Å². The number of amides is 1. The van der Waals surface area contributed by atoms with Crippen LogP contribution in [0.3, 0.4) is 0 Å². The molecule has 1 aromatic heterocycles. The number of anilines is 2. The van der Waals surface area contributed by atoms with Gasteiger partial charge in [-0.25, -0.2) is 9.97 Å². The molecule has 112 valence electrons. The maximum Gasteiger partial charge on any atom is 0.242 e. The van der Waals surface area contributed by atoms with Gasteiger partial charge in [0.1, 0.15) is 24.3 Å². The van der Waals surface area contributed by atoms with Crippen molar-refractivity contribution >= 4 is 17.5 Å². The molecule has 0 aliphatic heterocycles. The molecule has 3 N–H and O–H groups in total. The summed E-state index contributed by atoms with van der Waals surface area (Å²) in [6, 6.07) is 1.41. The largest absolute Gasteiger partial charge is 0.377 e. The van der Waals surface area contributed by atoms with Crippen molar-refractivity contribution in [1.29, 1.82) is 0 Å². The summed E-state index contributed by atoms with van der Waals surface area (Å²) >= 11 is 0. The molecule has 0 aliphatic carbocycles. The summed E-state index contributed by atoms with van der Waals surface area (Å²) in [7, 11) is 1.59. The highest BCUT2D eigenvalue weighted by Gasteiger charge is 2.13. The lowest BCUT2D eigenvalue weighted by atomic mass is 10.3. The molecule has 0 saturated heterocycles. The number of likely N-dealkylation sites (N-methyl/N-ethyl adjacent to an activating group) is 1. The Kier molecular flexibility index (Phi) is 6.72. The third-order valence-electron chi connectivity index (χ3n) is 2.51. The van der Waals surface area contributed by atoms with Gasteiger partial charge in [0.05, 0.1) is 0 Å². The number of rotatable bonds is 8. The molecule has 1 atom stereocenters. The Morgan fingerprint density at radius 1 is 1.30 bits per heavy atom. The van der Waals surface area contributed by atoms with E-state index in [4.69, 9.17) is 4.74 Å². The number of hydrogen-bond donors (Lipinski definition) is 3. The van der Waals surface area contributed by atoms with Crippen LogP contribution in [0.2, 0.25) is 0 Å². The number of ether oxygens (including phenoxy) is 1. The van der Waals surface area contributed by atoms with E-state index in [-0.39, 0.29) is 11.9 Å². The van der Waals surface area contributed by atoms with Crippen LogP contribution < -0.4 is 16.0 Å². The molecule has 1 amide bonds. The fraction of sp³-hybridized carbons (Fsp3) is 0.615. The Hall–Kier alpha value is -1.89. The first-order valence-corrected chi connectivity index (χ1v) is 6.75. The van der Waals surface area contributed by atoms with Crippen LogP contribution in [0.4, 0.5) is 11.6 Å². The van der Waals surface area contributed by atoms with Gasteiger partial charge < -0.3 is 20.7 Å². The van der Waals surface area contributed by atoms with Crippen molar-refractivity contribution in [3.8, 4) is 0 Å². The van der Waals surface area contributed by atoms with E-state index in [0.717, 1.165) is 6.54 Å². The van der Waals surface area contributed by atoms with Gasteiger partial charge in [0.15, 0.2) is 5.82 Å². The molecule has 0 bridgehead atoms. The van der Waals surface area contributed by atoms with Gasteiger partial charge in [-0.1, -0.05) is 0 Å². The van der Waals surface area contributed by atoms with Crippen molar-refractivity contribution < 1.29 is 9.53 Å². The number of hydrogen-bond acceptors (Lipinski definition) is 6. The molecule has 1 rings (SSSR count). The first-order valence-electron chi connectivity index (χ1n) is 6.75. The van der Waals surface area contributed by atoms with E-state index >= 15 is 0 Å². The number of carbonyl (C=O) groups excluding carboxylic acids is 1. The van der Waals surface area contributed by atoms with Crippen LogP contribution in [0, 0.1) is 0 Å². The average molecular weight is 281 g/mol. The number of nitrogens with one attached hydrogen (secondary N) is 3. The lowest BCUT2D eigenvalue weighted by molar-refractivity contribution is -0.121. The van der Waals surface area contributed by atoms with E-state index in [1.807, 2.05) is 13.8 Å². The van der Waals surface area contributed by atoms with Gasteiger partial charge in [0, 0.05) is 26.3 Å². The first kappa shape index (κ1) is 16.2. The molecular weight excluding hydrogens is 258 g/mol. The molecule has 0 spiro atoms. The zero-order valence-electron chi connectivity index (χ0n) is 12.5. The normalized spacial score (nSPS) is 11.8. The summed E-state index contributed by atoms with van der Waals surface area (Å²) in [6.45, 7) is 7.35. The summed E-state index contributed by atoms with van der Waals surface area (Å²) in [5.74, 6) is 1.81. The summed E-state index contributed by atoms with van der Waals surface area (Å²) in [5, 5.41) is 8.95. The molecule has 20 heavy (non-hydrogen) atoms. The molecule has 0 radical (unpaired) electrons. The molecule has 7 heteroatoms. The summed E-state index contributed by atoms with van der Waals surface area (Å²) in [6.07, 6.45) is 0. The van der Waals surface area contributed by atoms with Gasteiger partial charge in [-0.2, -0.15) is 0 Å². The Morgan fingerprint density at radius 2 is 2.00 bits per heavy atom. The summed E-state index contributed by atoms with van der Waals surface area (Å²) in [4.78, 5) is 20.3. The van der Waals surface area contributed by atoms with Crippen LogP contribution in [-0.2, 0) is 16.1 Å². The molecule has 7 nitrogen and oxygen atoms in total. The van der Waals surface area contributed by atoms with Crippen LogP contribution in [-0.4, -0.2) is 42.1 Å². The molecular formula is C13H23N5O2. The molecule has 0 aliphatic rings. The van der Waals surface area contributed by atoms with Crippen molar-refractivity contribution in [2.24, 2.45) is 0 Å². The van der Waals surface area contributed by atoms with E-state index in [0.29, 0.717) is 30.6 Å². The molecule has 1 heterocycles. The Labute approximate surface area is 119 Å². The first-order chi connectivity index (χ1) is 9.60. The van der Waals surface area contributed by atoms with Gasteiger partial charge >= 0.3 is 0 Å². The van der Waals surface area contributed by atoms with Crippen LogP contribution >= 0.6 is 0 Å². The zero-order valence-corrected chi connectivity index (χ0v) is 12.5. The Morgan fingerprint density at radius 3 is 2.60 bits per heavy atom.